The van der Waals surface area contributed by atoms with Crippen LogP contribution in [-0.2, 0) is 11.0 Å². The topological polar surface area (TPSA) is 84.2 Å². The average molecular weight is 373 g/mol. The molecule has 0 saturated carbocycles. The fourth-order valence-electron chi connectivity index (χ4n) is 2.04. The molecule has 0 saturated heterocycles. The molecule has 1 aromatic heterocycles. The van der Waals surface area contributed by atoms with E-state index in [1.54, 1.807) is 0 Å². The fourth-order valence-corrected chi connectivity index (χ4v) is 2.04. The van der Waals surface area contributed by atoms with Gasteiger partial charge in [0, 0.05) is 6.54 Å². The molecule has 0 unspecified atom stereocenters. The van der Waals surface area contributed by atoms with Gasteiger partial charge in [0.05, 0.1) is 22.9 Å². The van der Waals surface area contributed by atoms with E-state index in [-0.39, 0.29) is 12.2 Å². The second-order valence-electron chi connectivity index (χ2n) is 6.16. The van der Waals surface area contributed by atoms with E-state index < -0.39 is 40.5 Å². The molecule has 10 heteroatoms. The molecule has 6 nitrogen and oxygen atoms in total. The Labute approximate surface area is 145 Å². The van der Waals surface area contributed by atoms with Crippen LogP contribution < -0.4 is 5.32 Å². The first-order chi connectivity index (χ1) is 11.9. The second-order valence-corrected chi connectivity index (χ2v) is 6.16. The number of aliphatic carboxylic acids is 1. The largest absolute Gasteiger partial charge is 0.481 e. The minimum absolute atomic E-state index is 0.0800. The molecule has 2 rings (SSSR count). The molecular formula is C16H15F4N3O3. The third-order valence-corrected chi connectivity index (χ3v) is 3.62. The summed E-state index contributed by atoms with van der Waals surface area (Å²) >= 11 is 0. The van der Waals surface area contributed by atoms with Crippen LogP contribution in [0.15, 0.2) is 30.5 Å². The molecule has 26 heavy (non-hydrogen) atoms. The molecule has 1 aromatic carbocycles. The summed E-state index contributed by atoms with van der Waals surface area (Å²) in [5.41, 5.74) is -3.54. The Morgan fingerprint density at radius 2 is 1.77 bits per heavy atom. The molecule has 1 heterocycles. The van der Waals surface area contributed by atoms with Gasteiger partial charge < -0.3 is 10.4 Å². The molecule has 0 fully saturated rings. The maximum Gasteiger partial charge on any atom is 0.434 e. The Morgan fingerprint density at radius 1 is 1.19 bits per heavy atom. The number of benzene rings is 1. The Hall–Kier alpha value is -2.91. The molecule has 0 atom stereocenters. The van der Waals surface area contributed by atoms with Crippen molar-refractivity contribution >= 4 is 11.9 Å². The molecule has 140 valence electrons. The van der Waals surface area contributed by atoms with Crippen molar-refractivity contribution in [2.75, 3.05) is 6.54 Å². The number of aromatic nitrogens is 2. The van der Waals surface area contributed by atoms with Crippen molar-refractivity contribution in [1.82, 2.24) is 15.1 Å². The van der Waals surface area contributed by atoms with Crippen molar-refractivity contribution in [2.45, 2.75) is 20.0 Å². The van der Waals surface area contributed by atoms with Gasteiger partial charge in [0.15, 0.2) is 5.69 Å². The van der Waals surface area contributed by atoms with Crippen LogP contribution in [0.5, 0.6) is 0 Å². The number of hydrogen-bond acceptors (Lipinski definition) is 3. The SMILES string of the molecule is CC(C)(CNC(=O)c1cnn(-c2ccc(F)cc2)c1C(F)(F)F)C(=O)O. The summed E-state index contributed by atoms with van der Waals surface area (Å²) in [6.45, 7) is 2.27. The highest BCUT2D eigenvalue weighted by molar-refractivity contribution is 5.95. The first-order valence-electron chi connectivity index (χ1n) is 7.36. The van der Waals surface area contributed by atoms with Gasteiger partial charge in [-0.25, -0.2) is 9.07 Å². The summed E-state index contributed by atoms with van der Waals surface area (Å²) in [7, 11) is 0. The van der Waals surface area contributed by atoms with Crippen LogP contribution in [0.3, 0.4) is 0 Å². The van der Waals surface area contributed by atoms with E-state index in [1.807, 2.05) is 0 Å². The number of nitrogens with one attached hydrogen (secondary N) is 1. The molecule has 0 aliphatic heterocycles. The molecule has 0 aliphatic rings. The molecule has 0 spiro atoms. The summed E-state index contributed by atoms with van der Waals surface area (Å²) in [6.07, 6.45) is -4.19. The smallest absolute Gasteiger partial charge is 0.434 e. The minimum Gasteiger partial charge on any atom is -0.481 e. The third kappa shape index (κ3) is 4.01. The van der Waals surface area contributed by atoms with Gasteiger partial charge >= 0.3 is 12.1 Å². The minimum atomic E-state index is -4.92. The van der Waals surface area contributed by atoms with Crippen molar-refractivity contribution < 1.29 is 32.3 Å². The van der Waals surface area contributed by atoms with E-state index in [0.29, 0.717) is 4.68 Å². The number of carbonyl (C=O) groups is 2. The molecule has 0 radical (unpaired) electrons. The maximum atomic E-state index is 13.5. The normalized spacial score (nSPS) is 12.1. The molecule has 0 bridgehead atoms. The first-order valence-corrected chi connectivity index (χ1v) is 7.36. The standard InChI is InChI=1S/C16H15F4N3O3/c1-15(2,14(25)26)8-21-13(24)11-7-22-23(12(11)16(18,19)20)10-5-3-9(17)4-6-10/h3-7H,8H2,1-2H3,(H,21,24)(H,25,26). The lowest BCUT2D eigenvalue weighted by Gasteiger charge is -2.19. The van der Waals surface area contributed by atoms with E-state index >= 15 is 0 Å². The van der Waals surface area contributed by atoms with E-state index in [4.69, 9.17) is 5.11 Å². The molecule has 1 amide bonds. The predicted octanol–water partition coefficient (Wildman–Crippen LogP) is 2.87. The number of carboxylic acids is 1. The lowest BCUT2D eigenvalue weighted by atomic mass is 9.94. The Balaban J connectivity index is 2.39. The highest BCUT2D eigenvalue weighted by Crippen LogP contribution is 2.33. The number of rotatable bonds is 5. The van der Waals surface area contributed by atoms with Crippen molar-refractivity contribution in [3.05, 3.63) is 47.5 Å². The molecule has 2 N–H and O–H groups in total. The van der Waals surface area contributed by atoms with Gasteiger partial charge in [0.25, 0.3) is 5.91 Å². The summed E-state index contributed by atoms with van der Waals surface area (Å²) in [5, 5.41) is 14.8. The van der Waals surface area contributed by atoms with Crippen molar-refractivity contribution in [1.29, 1.82) is 0 Å². The zero-order valence-electron chi connectivity index (χ0n) is 13.8. The number of alkyl halides is 3. The number of halogens is 4. The van der Waals surface area contributed by atoms with Crippen LogP contribution in [-0.4, -0.2) is 33.3 Å². The van der Waals surface area contributed by atoms with Gasteiger partial charge in [-0.1, -0.05) is 0 Å². The molecule has 0 aliphatic carbocycles. The van der Waals surface area contributed by atoms with Gasteiger partial charge in [0.2, 0.25) is 0 Å². The van der Waals surface area contributed by atoms with Gasteiger partial charge in [-0.05, 0) is 38.1 Å². The van der Waals surface area contributed by atoms with Crippen LogP contribution in [0.1, 0.15) is 29.9 Å². The van der Waals surface area contributed by atoms with Crippen LogP contribution in [0.2, 0.25) is 0 Å². The highest BCUT2D eigenvalue weighted by atomic mass is 19.4. The monoisotopic (exact) mass is 373 g/mol. The Kier molecular flexibility index (Phi) is 5.06. The Morgan fingerprint density at radius 3 is 2.27 bits per heavy atom. The second kappa shape index (κ2) is 6.77. The number of amides is 1. The number of carbonyl (C=O) groups excluding carboxylic acids is 1. The summed E-state index contributed by atoms with van der Waals surface area (Å²) in [6, 6.07) is 4.11. The van der Waals surface area contributed by atoms with Gasteiger partial charge in [-0.2, -0.15) is 18.3 Å². The highest BCUT2D eigenvalue weighted by Gasteiger charge is 2.41. The lowest BCUT2D eigenvalue weighted by Crippen LogP contribution is -2.39. The first kappa shape index (κ1) is 19.4. The third-order valence-electron chi connectivity index (χ3n) is 3.62. The lowest BCUT2D eigenvalue weighted by molar-refractivity contribution is -0.146. The zero-order valence-corrected chi connectivity index (χ0v) is 13.8. The van der Waals surface area contributed by atoms with Crippen LogP contribution in [0.25, 0.3) is 5.69 Å². The van der Waals surface area contributed by atoms with E-state index in [1.165, 1.54) is 13.8 Å². The summed E-state index contributed by atoms with van der Waals surface area (Å²) < 4.78 is 53.8. The van der Waals surface area contributed by atoms with E-state index in [2.05, 4.69) is 10.4 Å². The maximum absolute atomic E-state index is 13.5. The van der Waals surface area contributed by atoms with Crippen molar-refractivity contribution in [3.8, 4) is 5.69 Å². The fraction of sp³-hybridized carbons (Fsp3) is 0.312. The number of nitrogens with zero attached hydrogens (tertiary/aromatic N) is 2. The van der Waals surface area contributed by atoms with Crippen LogP contribution in [0.4, 0.5) is 17.6 Å². The quantitative estimate of drug-likeness (QED) is 0.790. The van der Waals surface area contributed by atoms with Crippen LogP contribution >= 0.6 is 0 Å². The average Bonchev–Trinajstić information content (AvgIpc) is 2.98. The van der Waals surface area contributed by atoms with Gasteiger partial charge in [0.1, 0.15) is 5.82 Å². The Bertz CT molecular complexity index is 826. The zero-order chi connectivity index (χ0) is 19.7. The molecular weight excluding hydrogens is 358 g/mol. The van der Waals surface area contributed by atoms with Crippen LogP contribution in [0, 0.1) is 11.2 Å². The summed E-state index contributed by atoms with van der Waals surface area (Å²) in [5.74, 6) is -2.96. The van der Waals surface area contributed by atoms with Gasteiger partial charge in [-0.15, -0.1) is 0 Å². The van der Waals surface area contributed by atoms with E-state index in [9.17, 15) is 27.2 Å². The van der Waals surface area contributed by atoms with Crippen molar-refractivity contribution in [3.63, 3.8) is 0 Å². The molecule has 2 aromatic rings. The van der Waals surface area contributed by atoms with E-state index in [0.717, 1.165) is 30.5 Å². The predicted molar refractivity (Wildman–Crippen MR) is 82.3 cm³/mol. The number of hydrogen-bond donors (Lipinski definition) is 2. The summed E-state index contributed by atoms with van der Waals surface area (Å²) in [4.78, 5) is 23.2. The van der Waals surface area contributed by atoms with Crippen molar-refractivity contribution in [2.24, 2.45) is 5.41 Å². The van der Waals surface area contributed by atoms with Gasteiger partial charge in [-0.3, -0.25) is 9.59 Å². The number of carboxylic acid groups (broad SMARTS) is 1.